The number of nitro groups is 1. The molecular weight excluding hydrogens is 319 g/mol. The fourth-order valence-corrected chi connectivity index (χ4v) is 2.20. The number of rotatable bonds is 4. The predicted molar refractivity (Wildman–Crippen MR) is 82.2 cm³/mol. The number of nitrogens with one attached hydrogen (secondary N) is 1. The smallest absolute Gasteiger partial charge is 0.271 e. The van der Waals surface area contributed by atoms with E-state index in [2.05, 4.69) is 10.3 Å². The topological polar surface area (TPSA) is 110 Å². The Balaban J connectivity index is 1.77. The minimum Gasteiger partial charge on any atom is -0.506 e. The molecular formula is C15H11FN4O4. The van der Waals surface area contributed by atoms with E-state index >= 15 is 0 Å². The minimum atomic E-state index is -0.633. The Bertz CT molecular complexity index is 954. The number of carbonyl (C=O) groups excluding carboxylic acids is 1. The van der Waals surface area contributed by atoms with Crippen LogP contribution in [0.3, 0.4) is 0 Å². The molecule has 122 valence electrons. The van der Waals surface area contributed by atoms with Crippen LogP contribution < -0.4 is 5.32 Å². The maximum atomic E-state index is 13.1. The number of phenols is 1. The van der Waals surface area contributed by atoms with Gasteiger partial charge in [0, 0.05) is 24.5 Å². The van der Waals surface area contributed by atoms with Crippen molar-refractivity contribution < 1.29 is 19.2 Å². The van der Waals surface area contributed by atoms with E-state index in [1.165, 1.54) is 28.9 Å². The average molecular weight is 330 g/mol. The first-order chi connectivity index (χ1) is 11.4. The summed E-state index contributed by atoms with van der Waals surface area (Å²) in [6.45, 7) is 0. The molecule has 8 nitrogen and oxygen atoms in total. The van der Waals surface area contributed by atoms with Crippen LogP contribution in [-0.2, 0) is 11.2 Å². The molecule has 0 fully saturated rings. The van der Waals surface area contributed by atoms with Crippen molar-refractivity contribution in [1.82, 2.24) is 9.38 Å². The van der Waals surface area contributed by atoms with Gasteiger partial charge in [-0.3, -0.25) is 14.9 Å². The normalized spacial score (nSPS) is 10.7. The van der Waals surface area contributed by atoms with Crippen LogP contribution in [0.1, 0.15) is 5.69 Å². The summed E-state index contributed by atoms with van der Waals surface area (Å²) in [6, 6.07) is 6.05. The van der Waals surface area contributed by atoms with Gasteiger partial charge in [0.15, 0.2) is 0 Å². The quantitative estimate of drug-likeness (QED) is 0.433. The highest BCUT2D eigenvalue weighted by molar-refractivity contribution is 5.93. The lowest BCUT2D eigenvalue weighted by Crippen LogP contribution is -2.14. The van der Waals surface area contributed by atoms with Crippen molar-refractivity contribution >= 4 is 22.9 Å². The second-order valence-corrected chi connectivity index (χ2v) is 5.03. The van der Waals surface area contributed by atoms with Crippen LogP contribution in [0, 0.1) is 15.9 Å². The summed E-state index contributed by atoms with van der Waals surface area (Å²) in [7, 11) is 0. The molecule has 1 amide bonds. The number of benzene rings is 1. The summed E-state index contributed by atoms with van der Waals surface area (Å²) in [6.07, 6.45) is 2.60. The molecule has 0 aliphatic carbocycles. The number of fused-ring (bicyclic) bond motifs is 1. The largest absolute Gasteiger partial charge is 0.506 e. The molecule has 24 heavy (non-hydrogen) atoms. The molecule has 0 saturated carbocycles. The zero-order valence-corrected chi connectivity index (χ0v) is 12.1. The number of nitrogens with zero attached hydrogens (tertiary/aromatic N) is 3. The molecule has 3 rings (SSSR count). The van der Waals surface area contributed by atoms with Crippen LogP contribution in [0.15, 0.2) is 42.7 Å². The Kier molecular flexibility index (Phi) is 3.82. The summed E-state index contributed by atoms with van der Waals surface area (Å²) >= 11 is 0. The molecule has 0 radical (unpaired) electrons. The Morgan fingerprint density at radius 3 is 2.88 bits per heavy atom. The Labute approximate surface area is 134 Å². The summed E-state index contributed by atoms with van der Waals surface area (Å²) in [5.74, 6) is -1.24. The van der Waals surface area contributed by atoms with E-state index < -0.39 is 16.6 Å². The van der Waals surface area contributed by atoms with Crippen LogP contribution >= 0.6 is 0 Å². The van der Waals surface area contributed by atoms with Gasteiger partial charge in [-0.15, -0.1) is 0 Å². The third-order valence-corrected chi connectivity index (χ3v) is 3.27. The number of carbonyl (C=O) groups is 1. The van der Waals surface area contributed by atoms with Gasteiger partial charge in [0.2, 0.25) is 5.91 Å². The van der Waals surface area contributed by atoms with Gasteiger partial charge in [0.25, 0.3) is 5.69 Å². The monoisotopic (exact) mass is 330 g/mol. The number of nitro benzene ring substituents is 1. The molecule has 2 N–H and O–H groups in total. The molecule has 0 atom stereocenters. The number of aromatic hydroxyl groups is 1. The van der Waals surface area contributed by atoms with Gasteiger partial charge in [0.1, 0.15) is 17.2 Å². The SMILES string of the molecule is O=C(Cc1cn2cc(F)ccc2n1)Nc1cc([N+](=O)[O-])ccc1O. The Hall–Kier alpha value is -3.49. The van der Waals surface area contributed by atoms with Crippen LogP contribution in [0.25, 0.3) is 5.65 Å². The fourth-order valence-electron chi connectivity index (χ4n) is 2.20. The van der Waals surface area contributed by atoms with Gasteiger partial charge in [-0.2, -0.15) is 0 Å². The molecule has 0 spiro atoms. The molecule has 0 aliphatic heterocycles. The van der Waals surface area contributed by atoms with E-state index in [1.54, 1.807) is 0 Å². The lowest BCUT2D eigenvalue weighted by atomic mass is 10.2. The fraction of sp³-hybridized carbons (Fsp3) is 0.0667. The average Bonchev–Trinajstić information content (AvgIpc) is 2.90. The van der Waals surface area contributed by atoms with Crippen molar-refractivity contribution in [2.45, 2.75) is 6.42 Å². The van der Waals surface area contributed by atoms with Gasteiger partial charge < -0.3 is 14.8 Å². The Morgan fingerprint density at radius 1 is 1.33 bits per heavy atom. The molecule has 0 aliphatic rings. The van der Waals surface area contributed by atoms with Gasteiger partial charge in [0.05, 0.1) is 22.7 Å². The van der Waals surface area contributed by atoms with E-state index in [9.17, 15) is 24.4 Å². The number of phenolic OH excluding ortho intramolecular Hbond substituents is 1. The van der Waals surface area contributed by atoms with E-state index in [1.807, 2.05) is 0 Å². The van der Waals surface area contributed by atoms with E-state index in [0.717, 1.165) is 18.2 Å². The number of anilines is 1. The summed E-state index contributed by atoms with van der Waals surface area (Å²) in [5.41, 5.74) is 0.552. The van der Waals surface area contributed by atoms with E-state index in [-0.39, 0.29) is 23.5 Å². The summed E-state index contributed by atoms with van der Waals surface area (Å²) in [5, 5.41) is 22.8. The van der Waals surface area contributed by atoms with Crippen LogP contribution in [-0.4, -0.2) is 25.3 Å². The number of hydrogen-bond donors (Lipinski definition) is 2. The first-order valence-electron chi connectivity index (χ1n) is 6.83. The molecule has 1 aromatic carbocycles. The number of amides is 1. The van der Waals surface area contributed by atoms with E-state index in [4.69, 9.17) is 0 Å². The highest BCUT2D eigenvalue weighted by Crippen LogP contribution is 2.27. The number of imidazole rings is 1. The molecule has 0 bridgehead atoms. The van der Waals surface area contributed by atoms with Crippen molar-refractivity contribution in [3.05, 3.63) is 64.4 Å². The molecule has 9 heteroatoms. The predicted octanol–water partition coefficient (Wildman–Crippen LogP) is 2.27. The van der Waals surface area contributed by atoms with Crippen LogP contribution in [0.5, 0.6) is 5.75 Å². The van der Waals surface area contributed by atoms with Crippen molar-refractivity contribution in [1.29, 1.82) is 0 Å². The summed E-state index contributed by atoms with van der Waals surface area (Å²) in [4.78, 5) is 26.3. The number of non-ortho nitro benzene ring substituents is 1. The zero-order chi connectivity index (χ0) is 17.3. The van der Waals surface area contributed by atoms with Gasteiger partial charge in [-0.25, -0.2) is 9.37 Å². The number of halogens is 1. The second kappa shape index (κ2) is 5.95. The van der Waals surface area contributed by atoms with Crippen LogP contribution in [0.2, 0.25) is 0 Å². The van der Waals surface area contributed by atoms with E-state index in [0.29, 0.717) is 11.3 Å². The lowest BCUT2D eigenvalue weighted by Gasteiger charge is -2.06. The zero-order valence-electron chi connectivity index (χ0n) is 12.1. The van der Waals surface area contributed by atoms with Gasteiger partial charge in [-0.05, 0) is 18.2 Å². The number of aromatic nitrogens is 2. The highest BCUT2D eigenvalue weighted by Gasteiger charge is 2.14. The molecule has 3 aromatic rings. The van der Waals surface area contributed by atoms with Gasteiger partial charge >= 0.3 is 0 Å². The van der Waals surface area contributed by atoms with Crippen molar-refractivity contribution in [3.63, 3.8) is 0 Å². The van der Waals surface area contributed by atoms with Crippen molar-refractivity contribution in [2.75, 3.05) is 5.32 Å². The third-order valence-electron chi connectivity index (χ3n) is 3.27. The Morgan fingerprint density at radius 2 is 2.12 bits per heavy atom. The van der Waals surface area contributed by atoms with Gasteiger partial charge in [-0.1, -0.05) is 0 Å². The summed E-state index contributed by atoms with van der Waals surface area (Å²) < 4.78 is 14.6. The maximum Gasteiger partial charge on any atom is 0.271 e. The molecule has 2 aromatic heterocycles. The first kappa shape index (κ1) is 15.4. The number of hydrogen-bond acceptors (Lipinski definition) is 5. The number of pyridine rings is 1. The second-order valence-electron chi connectivity index (χ2n) is 5.03. The van der Waals surface area contributed by atoms with Crippen molar-refractivity contribution in [3.8, 4) is 5.75 Å². The third kappa shape index (κ3) is 3.14. The standard InChI is InChI=1S/C15H11FN4O4/c16-9-1-4-14-17-10(8-19(14)7-9)5-15(22)18-12-6-11(20(23)24)2-3-13(12)21/h1-4,6-8,21H,5H2,(H,18,22). The first-order valence-corrected chi connectivity index (χ1v) is 6.83. The molecule has 0 unspecified atom stereocenters. The van der Waals surface area contributed by atoms with Crippen molar-refractivity contribution in [2.24, 2.45) is 0 Å². The highest BCUT2D eigenvalue weighted by atomic mass is 19.1. The minimum absolute atomic E-state index is 0.0657. The van der Waals surface area contributed by atoms with Crippen LogP contribution in [0.4, 0.5) is 15.8 Å². The maximum absolute atomic E-state index is 13.1. The molecule has 0 saturated heterocycles. The lowest BCUT2D eigenvalue weighted by molar-refractivity contribution is -0.384. The molecule has 2 heterocycles.